The molecule has 4 heteroatoms. The SMILES string of the molecule is O=C(CN1CCNCC12CCCCC2)N1CCCCC1. The zero-order valence-corrected chi connectivity index (χ0v) is 12.7. The molecule has 1 aliphatic carbocycles. The lowest BCUT2D eigenvalue weighted by Crippen LogP contribution is -2.63. The lowest BCUT2D eigenvalue weighted by molar-refractivity contribution is -0.136. The van der Waals surface area contributed by atoms with Gasteiger partial charge in [0, 0.05) is 38.3 Å². The van der Waals surface area contributed by atoms with Gasteiger partial charge in [-0.25, -0.2) is 0 Å². The Morgan fingerprint density at radius 1 is 0.950 bits per heavy atom. The van der Waals surface area contributed by atoms with Crippen molar-refractivity contribution >= 4 is 5.91 Å². The number of hydrogen-bond acceptors (Lipinski definition) is 3. The molecule has 0 aromatic heterocycles. The van der Waals surface area contributed by atoms with Crippen molar-refractivity contribution in [3.05, 3.63) is 0 Å². The second-order valence-corrected chi connectivity index (χ2v) is 6.82. The fourth-order valence-corrected chi connectivity index (χ4v) is 4.24. The normalized spacial score (nSPS) is 27.7. The highest BCUT2D eigenvalue weighted by molar-refractivity contribution is 5.78. The van der Waals surface area contributed by atoms with Crippen molar-refractivity contribution in [2.75, 3.05) is 39.3 Å². The van der Waals surface area contributed by atoms with Crippen LogP contribution in [0.5, 0.6) is 0 Å². The van der Waals surface area contributed by atoms with Gasteiger partial charge < -0.3 is 10.2 Å². The van der Waals surface area contributed by atoms with Gasteiger partial charge >= 0.3 is 0 Å². The molecule has 3 rings (SSSR count). The van der Waals surface area contributed by atoms with Gasteiger partial charge in [-0.2, -0.15) is 0 Å². The molecule has 1 saturated carbocycles. The van der Waals surface area contributed by atoms with Gasteiger partial charge in [-0.15, -0.1) is 0 Å². The number of nitrogens with one attached hydrogen (secondary N) is 1. The van der Waals surface area contributed by atoms with E-state index < -0.39 is 0 Å². The van der Waals surface area contributed by atoms with Crippen LogP contribution < -0.4 is 5.32 Å². The Morgan fingerprint density at radius 2 is 1.65 bits per heavy atom. The van der Waals surface area contributed by atoms with Crippen molar-refractivity contribution in [2.45, 2.75) is 56.9 Å². The highest BCUT2D eigenvalue weighted by Gasteiger charge is 2.40. The number of hydrogen-bond donors (Lipinski definition) is 1. The summed E-state index contributed by atoms with van der Waals surface area (Å²) in [6.07, 6.45) is 10.3. The monoisotopic (exact) mass is 279 g/mol. The molecule has 0 radical (unpaired) electrons. The third-order valence-corrected chi connectivity index (χ3v) is 5.50. The summed E-state index contributed by atoms with van der Waals surface area (Å²) in [5.74, 6) is 0.372. The Balaban J connectivity index is 1.62. The van der Waals surface area contributed by atoms with Crippen LogP contribution in [0.4, 0.5) is 0 Å². The van der Waals surface area contributed by atoms with Gasteiger partial charge in [-0.1, -0.05) is 19.3 Å². The number of rotatable bonds is 2. The summed E-state index contributed by atoms with van der Waals surface area (Å²) in [4.78, 5) is 17.2. The van der Waals surface area contributed by atoms with E-state index in [0.717, 1.165) is 32.7 Å². The molecule has 0 atom stereocenters. The summed E-state index contributed by atoms with van der Waals surface area (Å²) in [5, 5.41) is 3.56. The molecule has 0 aromatic rings. The first-order chi connectivity index (χ1) is 9.80. The summed E-state index contributed by atoms with van der Waals surface area (Å²) in [6, 6.07) is 0. The predicted molar refractivity (Wildman–Crippen MR) is 80.7 cm³/mol. The van der Waals surface area contributed by atoms with Crippen LogP contribution in [0, 0.1) is 0 Å². The van der Waals surface area contributed by atoms with Crippen LogP contribution in [-0.4, -0.2) is 60.5 Å². The number of carbonyl (C=O) groups excluding carboxylic acids is 1. The molecule has 1 amide bonds. The van der Waals surface area contributed by atoms with Crippen LogP contribution in [0.3, 0.4) is 0 Å². The lowest BCUT2D eigenvalue weighted by Gasteiger charge is -2.50. The van der Waals surface area contributed by atoms with Crippen LogP contribution in [0.25, 0.3) is 0 Å². The fourth-order valence-electron chi connectivity index (χ4n) is 4.24. The van der Waals surface area contributed by atoms with E-state index in [9.17, 15) is 4.79 Å². The Hall–Kier alpha value is -0.610. The van der Waals surface area contributed by atoms with E-state index in [4.69, 9.17) is 0 Å². The van der Waals surface area contributed by atoms with E-state index in [2.05, 4.69) is 15.1 Å². The second-order valence-electron chi connectivity index (χ2n) is 6.82. The third-order valence-electron chi connectivity index (χ3n) is 5.50. The minimum atomic E-state index is 0.280. The first-order valence-corrected chi connectivity index (χ1v) is 8.54. The summed E-state index contributed by atoms with van der Waals surface area (Å²) < 4.78 is 0. The zero-order valence-electron chi connectivity index (χ0n) is 12.7. The third kappa shape index (κ3) is 3.01. The summed E-state index contributed by atoms with van der Waals surface area (Å²) in [5.41, 5.74) is 0.280. The molecule has 3 aliphatic rings. The average molecular weight is 279 g/mol. The predicted octanol–water partition coefficient (Wildman–Crippen LogP) is 1.61. The van der Waals surface area contributed by atoms with E-state index in [1.54, 1.807) is 0 Å². The topological polar surface area (TPSA) is 35.6 Å². The molecule has 0 aromatic carbocycles. The summed E-state index contributed by atoms with van der Waals surface area (Å²) in [6.45, 7) is 5.78. The molecule has 3 fully saturated rings. The molecule has 114 valence electrons. The van der Waals surface area contributed by atoms with Gasteiger partial charge in [0.2, 0.25) is 5.91 Å². The van der Waals surface area contributed by atoms with Gasteiger partial charge in [0.05, 0.1) is 6.54 Å². The fraction of sp³-hybridized carbons (Fsp3) is 0.938. The average Bonchev–Trinajstić information content (AvgIpc) is 2.51. The first-order valence-electron chi connectivity index (χ1n) is 8.54. The van der Waals surface area contributed by atoms with Gasteiger partial charge in [0.1, 0.15) is 0 Å². The molecule has 20 heavy (non-hydrogen) atoms. The molecule has 1 N–H and O–H groups in total. The number of likely N-dealkylation sites (tertiary alicyclic amines) is 1. The van der Waals surface area contributed by atoms with Crippen molar-refractivity contribution in [3.8, 4) is 0 Å². The smallest absolute Gasteiger partial charge is 0.236 e. The molecule has 1 spiro atoms. The maximum atomic E-state index is 12.6. The standard InChI is InChI=1S/C16H29N3O/c20-15(18-10-5-2-6-11-18)13-19-12-9-17-14-16(19)7-3-1-4-8-16/h17H,1-14H2. The largest absolute Gasteiger partial charge is 0.342 e. The molecule has 4 nitrogen and oxygen atoms in total. The number of amides is 1. The highest BCUT2D eigenvalue weighted by atomic mass is 16.2. The molecule has 0 bridgehead atoms. The first kappa shape index (κ1) is 14.3. The van der Waals surface area contributed by atoms with E-state index in [-0.39, 0.29) is 5.54 Å². The molecule has 2 aliphatic heterocycles. The number of nitrogens with zero attached hydrogens (tertiary/aromatic N) is 2. The Bertz CT molecular complexity index is 324. The Morgan fingerprint density at radius 3 is 2.40 bits per heavy atom. The van der Waals surface area contributed by atoms with Crippen LogP contribution in [0.1, 0.15) is 51.4 Å². The van der Waals surface area contributed by atoms with E-state index in [0.29, 0.717) is 12.5 Å². The van der Waals surface area contributed by atoms with Crippen molar-refractivity contribution in [2.24, 2.45) is 0 Å². The maximum Gasteiger partial charge on any atom is 0.236 e. The van der Waals surface area contributed by atoms with Gasteiger partial charge in [-0.3, -0.25) is 9.69 Å². The lowest BCUT2D eigenvalue weighted by atomic mass is 9.79. The van der Waals surface area contributed by atoms with Crippen molar-refractivity contribution in [1.82, 2.24) is 15.1 Å². The molecular formula is C16H29N3O. The minimum Gasteiger partial charge on any atom is -0.342 e. The van der Waals surface area contributed by atoms with Crippen LogP contribution >= 0.6 is 0 Å². The number of carbonyl (C=O) groups is 1. The van der Waals surface area contributed by atoms with E-state index in [1.165, 1.54) is 51.4 Å². The van der Waals surface area contributed by atoms with Gasteiger partial charge in [0.15, 0.2) is 0 Å². The van der Waals surface area contributed by atoms with E-state index in [1.807, 2.05) is 0 Å². The Labute approximate surface area is 122 Å². The van der Waals surface area contributed by atoms with Crippen molar-refractivity contribution in [1.29, 1.82) is 0 Å². The molecule has 2 heterocycles. The highest BCUT2D eigenvalue weighted by Crippen LogP contribution is 2.34. The van der Waals surface area contributed by atoms with Crippen LogP contribution in [0.2, 0.25) is 0 Å². The van der Waals surface area contributed by atoms with Crippen molar-refractivity contribution in [3.63, 3.8) is 0 Å². The maximum absolute atomic E-state index is 12.6. The number of piperidine rings is 1. The zero-order chi connectivity index (χ0) is 13.8. The molecule has 2 saturated heterocycles. The molecule has 0 unspecified atom stereocenters. The quantitative estimate of drug-likeness (QED) is 0.834. The molecular weight excluding hydrogens is 250 g/mol. The van der Waals surface area contributed by atoms with Gasteiger partial charge in [0.25, 0.3) is 0 Å². The van der Waals surface area contributed by atoms with Crippen LogP contribution in [0.15, 0.2) is 0 Å². The summed E-state index contributed by atoms with van der Waals surface area (Å²) in [7, 11) is 0. The van der Waals surface area contributed by atoms with E-state index >= 15 is 0 Å². The van der Waals surface area contributed by atoms with Gasteiger partial charge in [-0.05, 0) is 32.1 Å². The minimum absolute atomic E-state index is 0.280. The second kappa shape index (κ2) is 6.44. The Kier molecular flexibility index (Phi) is 4.61. The summed E-state index contributed by atoms with van der Waals surface area (Å²) >= 11 is 0. The number of piperazine rings is 1. The van der Waals surface area contributed by atoms with Crippen molar-refractivity contribution < 1.29 is 4.79 Å². The van der Waals surface area contributed by atoms with Crippen LogP contribution in [-0.2, 0) is 4.79 Å².